The monoisotopic (exact) mass is 458 g/mol. The fraction of sp³-hybridized carbons (Fsp3) is 0.462. The van der Waals surface area contributed by atoms with Crippen molar-refractivity contribution in [1.29, 1.82) is 5.26 Å². The topological polar surface area (TPSA) is 86.8 Å². The second-order valence-corrected chi connectivity index (χ2v) is 9.39. The molecule has 2 aromatic heterocycles. The third-order valence-corrected chi connectivity index (χ3v) is 6.99. The fourth-order valence-electron chi connectivity index (χ4n) is 5.17. The Morgan fingerprint density at radius 3 is 2.79 bits per heavy atom. The summed E-state index contributed by atoms with van der Waals surface area (Å²) < 4.78 is 7.33. The first-order valence-electron chi connectivity index (χ1n) is 12.0. The number of ether oxygens (including phenoxy) is 1. The van der Waals surface area contributed by atoms with Gasteiger partial charge < -0.3 is 14.5 Å². The van der Waals surface area contributed by atoms with Crippen LogP contribution in [-0.4, -0.2) is 52.1 Å². The van der Waals surface area contributed by atoms with Gasteiger partial charge in [-0.25, -0.2) is 9.50 Å². The number of hydrogen-bond acceptors (Lipinski definition) is 6. The van der Waals surface area contributed by atoms with Gasteiger partial charge in [0.05, 0.1) is 36.4 Å². The lowest BCUT2D eigenvalue weighted by Gasteiger charge is -2.35. The zero-order valence-corrected chi connectivity index (χ0v) is 20.0. The van der Waals surface area contributed by atoms with Gasteiger partial charge in [0.2, 0.25) is 0 Å². The Labute approximate surface area is 199 Å². The van der Waals surface area contributed by atoms with E-state index in [-0.39, 0.29) is 17.9 Å². The van der Waals surface area contributed by atoms with E-state index in [1.165, 1.54) is 0 Å². The van der Waals surface area contributed by atoms with Crippen LogP contribution in [-0.2, 0) is 0 Å². The molecule has 8 nitrogen and oxygen atoms in total. The molecule has 2 aliphatic heterocycles. The molecule has 0 N–H and O–H groups in total. The Hall–Kier alpha value is -3.60. The highest BCUT2D eigenvalue weighted by Gasteiger charge is 2.32. The zero-order chi connectivity index (χ0) is 23.8. The van der Waals surface area contributed by atoms with E-state index in [9.17, 15) is 10.1 Å². The number of nitriles is 1. The SMILES string of the molecule is COc1cc(C)ccc1C(=O)N1CCCCC1c1cc2nc(N3CCC(C#N)C3)c(C)cn2n1. The number of likely N-dealkylation sites (tertiary alicyclic amines) is 1. The van der Waals surface area contributed by atoms with Gasteiger partial charge in [-0.2, -0.15) is 10.4 Å². The summed E-state index contributed by atoms with van der Waals surface area (Å²) in [5, 5.41) is 14.1. The van der Waals surface area contributed by atoms with E-state index in [2.05, 4.69) is 11.0 Å². The summed E-state index contributed by atoms with van der Waals surface area (Å²) in [7, 11) is 1.60. The highest BCUT2D eigenvalue weighted by atomic mass is 16.5. The van der Waals surface area contributed by atoms with Crippen molar-refractivity contribution in [2.24, 2.45) is 5.92 Å². The fourth-order valence-corrected chi connectivity index (χ4v) is 5.17. The molecule has 2 unspecified atom stereocenters. The van der Waals surface area contributed by atoms with Crippen LogP contribution in [0.25, 0.3) is 5.65 Å². The van der Waals surface area contributed by atoms with Crippen molar-refractivity contribution in [2.45, 2.75) is 45.6 Å². The summed E-state index contributed by atoms with van der Waals surface area (Å²) in [4.78, 5) is 22.6. The lowest BCUT2D eigenvalue weighted by molar-refractivity contribution is 0.0602. The molecule has 0 spiro atoms. The van der Waals surface area contributed by atoms with E-state index in [1.807, 2.05) is 53.7 Å². The lowest BCUT2D eigenvalue weighted by atomic mass is 9.97. The van der Waals surface area contributed by atoms with Crippen molar-refractivity contribution in [3.8, 4) is 11.8 Å². The predicted molar refractivity (Wildman–Crippen MR) is 129 cm³/mol. The van der Waals surface area contributed by atoms with Gasteiger partial charge in [-0.1, -0.05) is 6.07 Å². The Kier molecular flexibility index (Phi) is 5.86. The van der Waals surface area contributed by atoms with E-state index in [0.717, 1.165) is 60.5 Å². The van der Waals surface area contributed by atoms with Gasteiger partial charge in [-0.3, -0.25) is 4.79 Å². The van der Waals surface area contributed by atoms with Crippen LogP contribution in [0.4, 0.5) is 5.82 Å². The van der Waals surface area contributed by atoms with Gasteiger partial charge in [0.1, 0.15) is 11.6 Å². The third-order valence-electron chi connectivity index (χ3n) is 6.99. The summed E-state index contributed by atoms with van der Waals surface area (Å²) in [5.74, 6) is 1.55. The molecule has 3 aromatic rings. The highest BCUT2D eigenvalue weighted by Crippen LogP contribution is 2.34. The second kappa shape index (κ2) is 8.98. The smallest absolute Gasteiger partial charge is 0.258 e. The molecular weight excluding hydrogens is 428 g/mol. The standard InChI is InChI=1S/C26H30N6O2/c1-17-7-8-20(23(12-17)34-3)26(33)31-10-5-4-6-22(31)21-13-24-28-25(18(2)15-32(24)29-21)30-11-9-19(14-27)16-30/h7-8,12-13,15,19,22H,4-6,9-11,16H2,1-3H3. The van der Waals surface area contributed by atoms with Crippen LogP contribution in [0.1, 0.15) is 58.9 Å². The van der Waals surface area contributed by atoms with Gasteiger partial charge >= 0.3 is 0 Å². The van der Waals surface area contributed by atoms with Crippen molar-refractivity contribution in [1.82, 2.24) is 19.5 Å². The number of methoxy groups -OCH3 is 1. The molecule has 34 heavy (non-hydrogen) atoms. The number of fused-ring (bicyclic) bond motifs is 1. The van der Waals surface area contributed by atoms with Gasteiger partial charge in [0, 0.05) is 37.5 Å². The number of anilines is 1. The normalized spacial score (nSPS) is 20.5. The van der Waals surface area contributed by atoms with Crippen LogP contribution in [0.3, 0.4) is 0 Å². The number of nitrogens with zero attached hydrogens (tertiary/aromatic N) is 6. The molecular formula is C26H30N6O2. The minimum absolute atomic E-state index is 0.0250. The summed E-state index contributed by atoms with van der Waals surface area (Å²) in [6.45, 7) is 6.26. The third kappa shape index (κ3) is 3.96. The molecule has 0 radical (unpaired) electrons. The van der Waals surface area contributed by atoms with Crippen LogP contribution in [0, 0.1) is 31.1 Å². The molecule has 0 bridgehead atoms. The van der Waals surface area contributed by atoms with E-state index in [4.69, 9.17) is 14.8 Å². The van der Waals surface area contributed by atoms with Crippen molar-refractivity contribution in [3.63, 3.8) is 0 Å². The highest BCUT2D eigenvalue weighted by molar-refractivity contribution is 5.97. The maximum atomic E-state index is 13.6. The number of aromatic nitrogens is 3. The van der Waals surface area contributed by atoms with Crippen LogP contribution in [0.2, 0.25) is 0 Å². The second-order valence-electron chi connectivity index (χ2n) is 9.39. The Bertz CT molecular complexity index is 1280. The minimum atomic E-state index is -0.104. The molecule has 2 aliphatic rings. The predicted octanol–water partition coefficient (Wildman–Crippen LogP) is 4.07. The van der Waals surface area contributed by atoms with Gasteiger partial charge in [0.25, 0.3) is 5.91 Å². The number of benzene rings is 1. The first-order valence-corrected chi connectivity index (χ1v) is 12.0. The van der Waals surface area contributed by atoms with Crippen LogP contribution in [0.15, 0.2) is 30.5 Å². The number of piperidine rings is 1. The van der Waals surface area contributed by atoms with Crippen LogP contribution in [0.5, 0.6) is 5.75 Å². The van der Waals surface area contributed by atoms with Gasteiger partial charge in [-0.15, -0.1) is 0 Å². The summed E-state index contributed by atoms with van der Waals surface area (Å²) in [5.41, 5.74) is 4.30. The van der Waals surface area contributed by atoms with Gasteiger partial charge in [0.15, 0.2) is 5.65 Å². The molecule has 4 heterocycles. The molecule has 2 fully saturated rings. The van der Waals surface area contributed by atoms with Crippen LogP contribution < -0.4 is 9.64 Å². The average molecular weight is 459 g/mol. The van der Waals surface area contributed by atoms with E-state index in [0.29, 0.717) is 24.4 Å². The van der Waals surface area contributed by atoms with E-state index in [1.54, 1.807) is 7.11 Å². The number of aryl methyl sites for hydroxylation is 2. The number of hydrogen-bond donors (Lipinski definition) is 0. The average Bonchev–Trinajstić information content (AvgIpc) is 3.49. The molecule has 5 rings (SSSR count). The first kappa shape index (κ1) is 22.2. The summed E-state index contributed by atoms with van der Waals surface area (Å²) >= 11 is 0. The molecule has 176 valence electrons. The Balaban J connectivity index is 1.47. The van der Waals surface area contributed by atoms with Gasteiger partial charge in [-0.05, 0) is 57.2 Å². The molecule has 2 saturated heterocycles. The quantitative estimate of drug-likeness (QED) is 0.586. The van der Waals surface area contributed by atoms with Crippen molar-refractivity contribution >= 4 is 17.4 Å². The molecule has 1 aromatic carbocycles. The molecule has 1 amide bonds. The molecule has 0 aliphatic carbocycles. The minimum Gasteiger partial charge on any atom is -0.496 e. The maximum absolute atomic E-state index is 13.6. The van der Waals surface area contributed by atoms with Crippen molar-refractivity contribution in [2.75, 3.05) is 31.6 Å². The van der Waals surface area contributed by atoms with Crippen molar-refractivity contribution in [3.05, 3.63) is 52.8 Å². The largest absolute Gasteiger partial charge is 0.496 e. The number of amides is 1. The molecule has 8 heteroatoms. The summed E-state index contributed by atoms with van der Waals surface area (Å²) in [6.07, 6.45) is 5.76. The first-order chi connectivity index (χ1) is 16.5. The molecule has 2 atom stereocenters. The molecule has 0 saturated carbocycles. The van der Waals surface area contributed by atoms with E-state index < -0.39 is 0 Å². The maximum Gasteiger partial charge on any atom is 0.258 e. The number of carbonyl (C=O) groups excluding carboxylic acids is 1. The zero-order valence-electron chi connectivity index (χ0n) is 20.0. The van der Waals surface area contributed by atoms with Crippen LogP contribution >= 0.6 is 0 Å². The van der Waals surface area contributed by atoms with E-state index >= 15 is 0 Å². The number of rotatable bonds is 4. The Morgan fingerprint density at radius 1 is 1.18 bits per heavy atom. The Morgan fingerprint density at radius 2 is 2.03 bits per heavy atom. The van der Waals surface area contributed by atoms with Crippen molar-refractivity contribution < 1.29 is 9.53 Å². The lowest BCUT2D eigenvalue weighted by Crippen LogP contribution is -2.38. The number of carbonyl (C=O) groups is 1. The summed E-state index contributed by atoms with van der Waals surface area (Å²) in [6, 6.07) is 9.98.